The monoisotopic (exact) mass is 290 g/mol. The van der Waals surface area contributed by atoms with Crippen molar-refractivity contribution >= 4 is 34.8 Å². The third kappa shape index (κ3) is 2.75. The first-order valence-corrected chi connectivity index (χ1v) is 5.98. The molecule has 1 aromatic carbocycles. The number of rotatable bonds is 2. The molecule has 0 radical (unpaired) electrons. The highest BCUT2D eigenvalue weighted by molar-refractivity contribution is 6.66. The molecule has 1 heterocycles. The minimum absolute atomic E-state index is 0.201. The number of halogens is 3. The molecular weight excluding hydrogens is 282 g/mol. The van der Waals surface area contributed by atoms with E-state index < -0.39 is 3.79 Å². The van der Waals surface area contributed by atoms with Gasteiger partial charge in [-0.3, -0.25) is 0 Å². The molecule has 0 amide bonds. The van der Waals surface area contributed by atoms with Crippen LogP contribution in [0.15, 0.2) is 36.4 Å². The average Bonchev–Trinajstić information content (AvgIpc) is 2.74. The van der Waals surface area contributed by atoms with E-state index in [9.17, 15) is 0 Å². The molecule has 2 rings (SSSR count). The first-order valence-electron chi connectivity index (χ1n) is 4.85. The molecule has 2 aromatic rings. The van der Waals surface area contributed by atoms with E-state index in [2.05, 4.69) is 5.10 Å². The van der Waals surface area contributed by atoms with E-state index in [1.54, 1.807) is 6.07 Å². The van der Waals surface area contributed by atoms with Crippen LogP contribution in [0.5, 0.6) is 0 Å². The summed E-state index contributed by atoms with van der Waals surface area (Å²) in [7, 11) is 0. The molecule has 1 N–H and O–H groups in total. The first-order chi connectivity index (χ1) is 8.02. The molecule has 17 heavy (non-hydrogen) atoms. The SMILES string of the molecule is OCc1cc(C(Cl)(Cl)Cl)n(-c2ccccc2)n1. The Hall–Kier alpha value is -0.740. The van der Waals surface area contributed by atoms with Crippen LogP contribution in [0.4, 0.5) is 0 Å². The summed E-state index contributed by atoms with van der Waals surface area (Å²) in [6, 6.07) is 10.9. The van der Waals surface area contributed by atoms with Crippen LogP contribution in [-0.2, 0) is 10.4 Å². The van der Waals surface area contributed by atoms with Gasteiger partial charge in [0.25, 0.3) is 0 Å². The smallest absolute Gasteiger partial charge is 0.232 e. The number of hydrogen-bond acceptors (Lipinski definition) is 2. The number of alkyl halides is 3. The normalized spacial score (nSPS) is 11.8. The zero-order valence-corrected chi connectivity index (χ0v) is 10.9. The van der Waals surface area contributed by atoms with Crippen LogP contribution < -0.4 is 0 Å². The third-order valence-corrected chi connectivity index (χ3v) is 2.79. The van der Waals surface area contributed by atoms with E-state index in [0.29, 0.717) is 11.4 Å². The highest BCUT2D eigenvalue weighted by atomic mass is 35.6. The quantitative estimate of drug-likeness (QED) is 0.863. The zero-order valence-electron chi connectivity index (χ0n) is 8.65. The van der Waals surface area contributed by atoms with Gasteiger partial charge in [0.05, 0.1) is 23.7 Å². The predicted molar refractivity (Wildman–Crippen MR) is 68.7 cm³/mol. The maximum atomic E-state index is 9.08. The second kappa shape index (κ2) is 4.86. The molecule has 6 heteroatoms. The number of aliphatic hydroxyl groups excluding tert-OH is 1. The average molecular weight is 292 g/mol. The van der Waals surface area contributed by atoms with E-state index in [4.69, 9.17) is 39.9 Å². The lowest BCUT2D eigenvalue weighted by molar-refractivity contribution is 0.276. The van der Waals surface area contributed by atoms with Gasteiger partial charge in [-0.25, -0.2) is 4.68 Å². The number of hydrogen-bond donors (Lipinski definition) is 1. The third-order valence-electron chi connectivity index (χ3n) is 2.21. The van der Waals surface area contributed by atoms with Gasteiger partial charge in [-0.1, -0.05) is 53.0 Å². The molecule has 3 nitrogen and oxygen atoms in total. The van der Waals surface area contributed by atoms with E-state index >= 15 is 0 Å². The van der Waals surface area contributed by atoms with Crippen molar-refractivity contribution in [1.29, 1.82) is 0 Å². The summed E-state index contributed by atoms with van der Waals surface area (Å²) in [6.07, 6.45) is 0. The van der Waals surface area contributed by atoms with Gasteiger partial charge in [-0.15, -0.1) is 0 Å². The summed E-state index contributed by atoms with van der Waals surface area (Å²) in [5, 5.41) is 13.3. The van der Waals surface area contributed by atoms with Crippen molar-refractivity contribution in [2.45, 2.75) is 10.4 Å². The summed E-state index contributed by atoms with van der Waals surface area (Å²) >= 11 is 17.6. The minimum Gasteiger partial charge on any atom is -0.390 e. The number of benzene rings is 1. The molecule has 0 atom stereocenters. The molecule has 90 valence electrons. The molecule has 0 fully saturated rings. The summed E-state index contributed by atoms with van der Waals surface area (Å²) in [5.74, 6) is 0. The Kier molecular flexibility index (Phi) is 3.64. The molecule has 0 saturated carbocycles. The molecule has 0 unspecified atom stereocenters. The van der Waals surface area contributed by atoms with Crippen molar-refractivity contribution < 1.29 is 5.11 Å². The Morgan fingerprint density at radius 1 is 1.18 bits per heavy atom. The lowest BCUT2D eigenvalue weighted by atomic mass is 10.3. The lowest BCUT2D eigenvalue weighted by Crippen LogP contribution is -2.10. The van der Waals surface area contributed by atoms with E-state index in [1.807, 2.05) is 30.3 Å². The minimum atomic E-state index is -1.59. The fourth-order valence-corrected chi connectivity index (χ4v) is 1.88. The zero-order chi connectivity index (χ0) is 12.5. The Morgan fingerprint density at radius 2 is 1.82 bits per heavy atom. The van der Waals surface area contributed by atoms with Crippen LogP contribution in [0.2, 0.25) is 0 Å². The van der Waals surface area contributed by atoms with Crippen molar-refractivity contribution in [3.05, 3.63) is 47.8 Å². The number of aromatic nitrogens is 2. The molecule has 0 saturated heterocycles. The van der Waals surface area contributed by atoms with Gasteiger partial charge in [0, 0.05) is 0 Å². The Labute approximate surface area is 114 Å². The standard InChI is InChI=1S/C11H9Cl3N2O/c12-11(13,14)10-6-8(7-17)15-16(10)9-4-2-1-3-5-9/h1-6,17H,7H2. The Bertz CT molecular complexity index is 505. The van der Waals surface area contributed by atoms with Crippen LogP contribution in [-0.4, -0.2) is 14.9 Å². The Balaban J connectivity index is 2.57. The molecule has 0 aliphatic carbocycles. The highest BCUT2D eigenvalue weighted by Crippen LogP contribution is 2.39. The van der Waals surface area contributed by atoms with Crippen LogP contribution >= 0.6 is 34.8 Å². The van der Waals surface area contributed by atoms with Crippen LogP contribution in [0.1, 0.15) is 11.4 Å². The molecule has 1 aromatic heterocycles. The molecule has 0 aliphatic heterocycles. The van der Waals surface area contributed by atoms with Gasteiger partial charge in [-0.2, -0.15) is 5.10 Å². The predicted octanol–water partition coefficient (Wildman–Crippen LogP) is 3.19. The first kappa shape index (κ1) is 12.7. The summed E-state index contributed by atoms with van der Waals surface area (Å²) in [6.45, 7) is -0.201. The van der Waals surface area contributed by atoms with Crippen LogP contribution in [0.3, 0.4) is 0 Å². The fraction of sp³-hybridized carbons (Fsp3) is 0.182. The summed E-state index contributed by atoms with van der Waals surface area (Å²) < 4.78 is -0.0746. The maximum absolute atomic E-state index is 9.08. The van der Waals surface area contributed by atoms with Crippen molar-refractivity contribution in [2.24, 2.45) is 0 Å². The van der Waals surface area contributed by atoms with Crippen molar-refractivity contribution in [2.75, 3.05) is 0 Å². The van der Waals surface area contributed by atoms with Gasteiger partial charge in [-0.05, 0) is 18.2 Å². The second-order valence-corrected chi connectivity index (χ2v) is 5.71. The molecule has 0 bridgehead atoms. The number of para-hydroxylation sites is 1. The Morgan fingerprint density at radius 3 is 2.35 bits per heavy atom. The summed E-state index contributed by atoms with van der Waals surface area (Å²) in [4.78, 5) is 0. The van der Waals surface area contributed by atoms with E-state index in [-0.39, 0.29) is 6.61 Å². The molecule has 0 spiro atoms. The summed E-state index contributed by atoms with van der Waals surface area (Å²) in [5.41, 5.74) is 1.63. The van der Waals surface area contributed by atoms with Crippen molar-refractivity contribution in [3.8, 4) is 5.69 Å². The molecular formula is C11H9Cl3N2O. The van der Waals surface area contributed by atoms with Gasteiger partial charge in [0.2, 0.25) is 3.79 Å². The van der Waals surface area contributed by atoms with Gasteiger partial charge >= 0.3 is 0 Å². The second-order valence-electron chi connectivity index (χ2n) is 3.42. The molecule has 0 aliphatic rings. The van der Waals surface area contributed by atoms with Gasteiger partial charge < -0.3 is 5.11 Å². The van der Waals surface area contributed by atoms with E-state index in [1.165, 1.54) is 4.68 Å². The topological polar surface area (TPSA) is 38.0 Å². The highest BCUT2D eigenvalue weighted by Gasteiger charge is 2.29. The van der Waals surface area contributed by atoms with Gasteiger partial charge in [0.1, 0.15) is 0 Å². The maximum Gasteiger partial charge on any atom is 0.232 e. The lowest BCUT2D eigenvalue weighted by Gasteiger charge is -2.13. The van der Waals surface area contributed by atoms with Gasteiger partial charge in [0.15, 0.2) is 0 Å². The number of aliphatic hydroxyl groups is 1. The fourth-order valence-electron chi connectivity index (χ4n) is 1.48. The van der Waals surface area contributed by atoms with Crippen molar-refractivity contribution in [3.63, 3.8) is 0 Å². The van der Waals surface area contributed by atoms with Crippen LogP contribution in [0, 0.1) is 0 Å². The van der Waals surface area contributed by atoms with Crippen molar-refractivity contribution in [1.82, 2.24) is 9.78 Å². The largest absolute Gasteiger partial charge is 0.390 e. The van der Waals surface area contributed by atoms with E-state index in [0.717, 1.165) is 5.69 Å². The van der Waals surface area contributed by atoms with Crippen LogP contribution in [0.25, 0.3) is 5.69 Å². The number of nitrogens with zero attached hydrogens (tertiary/aromatic N) is 2.